The van der Waals surface area contributed by atoms with Crippen molar-refractivity contribution in [3.05, 3.63) is 89.1 Å². The molecule has 2 amide bonds. The average molecular weight is 584 g/mol. The topological polar surface area (TPSA) is 110 Å². The van der Waals surface area contributed by atoms with E-state index in [0.29, 0.717) is 56.5 Å². The van der Waals surface area contributed by atoms with Gasteiger partial charge in [0.05, 0.1) is 18.8 Å². The Morgan fingerprint density at radius 3 is 2.49 bits per heavy atom. The number of fused-ring (bicyclic) bond motifs is 1. The Labute approximate surface area is 250 Å². The first-order valence-corrected chi connectivity index (χ1v) is 14.8. The Morgan fingerprint density at radius 2 is 1.79 bits per heavy atom. The number of piperidine rings is 2. The van der Waals surface area contributed by atoms with Gasteiger partial charge in [-0.1, -0.05) is 30.3 Å². The summed E-state index contributed by atoms with van der Waals surface area (Å²) in [6.07, 6.45) is 4.08. The number of methoxy groups -OCH3 is 1. The molecule has 1 N–H and O–H groups in total. The van der Waals surface area contributed by atoms with Crippen LogP contribution in [0.25, 0.3) is 16.7 Å². The molecular formula is C33H37N5O5. The van der Waals surface area contributed by atoms with E-state index < -0.39 is 6.23 Å². The number of hydrogen-bond acceptors (Lipinski definition) is 6. The first-order valence-electron chi connectivity index (χ1n) is 14.8. The zero-order valence-electron chi connectivity index (χ0n) is 24.5. The van der Waals surface area contributed by atoms with E-state index in [0.717, 1.165) is 17.0 Å². The third kappa shape index (κ3) is 5.67. The second kappa shape index (κ2) is 12.0. The molecule has 224 valence electrons. The number of amides is 2. The molecule has 4 aromatic rings. The zero-order chi connectivity index (χ0) is 30.1. The Morgan fingerprint density at radius 1 is 1.02 bits per heavy atom. The second-order valence-electron chi connectivity index (χ2n) is 11.6. The summed E-state index contributed by atoms with van der Waals surface area (Å²) in [5, 5.41) is 11.7. The van der Waals surface area contributed by atoms with Gasteiger partial charge >= 0.3 is 0 Å². The first-order chi connectivity index (χ1) is 20.8. The van der Waals surface area contributed by atoms with Gasteiger partial charge in [0.25, 0.3) is 5.56 Å². The Bertz CT molecular complexity index is 1660. The maximum atomic E-state index is 13.8. The van der Waals surface area contributed by atoms with Crippen LogP contribution in [0.4, 0.5) is 0 Å². The molecule has 0 aliphatic carbocycles. The van der Waals surface area contributed by atoms with Gasteiger partial charge in [-0.25, -0.2) is 4.98 Å². The van der Waals surface area contributed by atoms with Crippen LogP contribution in [-0.2, 0) is 16.1 Å². The van der Waals surface area contributed by atoms with Crippen LogP contribution in [0.2, 0.25) is 0 Å². The number of rotatable bonds is 6. The summed E-state index contributed by atoms with van der Waals surface area (Å²) in [7, 11) is 1.62. The molecule has 2 aromatic heterocycles. The van der Waals surface area contributed by atoms with E-state index in [-0.39, 0.29) is 35.1 Å². The summed E-state index contributed by atoms with van der Waals surface area (Å²) >= 11 is 0. The van der Waals surface area contributed by atoms with Gasteiger partial charge in [0, 0.05) is 56.8 Å². The molecule has 2 aromatic carbocycles. The second-order valence-corrected chi connectivity index (χ2v) is 11.6. The Kier molecular flexibility index (Phi) is 8.03. The van der Waals surface area contributed by atoms with Gasteiger partial charge in [-0.2, -0.15) is 0 Å². The summed E-state index contributed by atoms with van der Waals surface area (Å²) < 4.78 is 8.73. The van der Waals surface area contributed by atoms with Gasteiger partial charge in [0.1, 0.15) is 12.0 Å². The van der Waals surface area contributed by atoms with E-state index in [4.69, 9.17) is 4.74 Å². The predicted octanol–water partition coefficient (Wildman–Crippen LogP) is 3.41. The number of hydrogen-bond donors (Lipinski definition) is 1. The van der Waals surface area contributed by atoms with Gasteiger partial charge in [-0.15, -0.1) is 0 Å². The molecule has 2 saturated heterocycles. The maximum Gasteiger partial charge on any atom is 0.262 e. The van der Waals surface area contributed by atoms with E-state index >= 15 is 0 Å². The number of carbonyl (C=O) groups excluding carboxylic acids is 2. The smallest absolute Gasteiger partial charge is 0.262 e. The van der Waals surface area contributed by atoms with Crippen LogP contribution in [0.1, 0.15) is 37.7 Å². The number of aliphatic hydroxyl groups excluding tert-OH is 1. The van der Waals surface area contributed by atoms with Crippen molar-refractivity contribution >= 4 is 22.8 Å². The third-order valence-electron chi connectivity index (χ3n) is 9.04. The lowest BCUT2D eigenvalue weighted by Crippen LogP contribution is -2.53. The van der Waals surface area contributed by atoms with Crippen molar-refractivity contribution in [1.29, 1.82) is 0 Å². The van der Waals surface area contributed by atoms with Crippen molar-refractivity contribution in [2.75, 3.05) is 26.7 Å². The molecule has 0 radical (unpaired) electrons. The standard InChI is InChI=1S/C33H37N5O5/c1-22(39)35-15-13-27(29(20-35)24-6-4-3-5-7-24)33(42)38-16-12-23(18-30(38)40)19-36-21-34-31-28(32(36)41)14-17-37(31)25-8-10-26(43-2)11-9-25/h3-11,14,17,21,23,27,29-30,40H,12-13,15-16,18-20H2,1-2H3/t23?,27-,29+,30?/m1/s1. The van der Waals surface area contributed by atoms with Crippen LogP contribution in [0, 0.1) is 11.8 Å². The lowest BCUT2D eigenvalue weighted by molar-refractivity contribution is -0.154. The summed E-state index contributed by atoms with van der Waals surface area (Å²) in [5.74, 6) is 0.270. The predicted molar refractivity (Wildman–Crippen MR) is 162 cm³/mol. The largest absolute Gasteiger partial charge is 0.497 e. The molecule has 0 bridgehead atoms. The summed E-state index contributed by atoms with van der Waals surface area (Å²) in [5.41, 5.74) is 2.35. The molecule has 10 heteroatoms. The molecular weight excluding hydrogens is 546 g/mol. The normalized spacial score (nSPS) is 22.5. The van der Waals surface area contributed by atoms with Gasteiger partial charge in [-0.3, -0.25) is 19.0 Å². The molecule has 4 atom stereocenters. The molecule has 10 nitrogen and oxygen atoms in total. The van der Waals surface area contributed by atoms with Crippen molar-refractivity contribution in [2.24, 2.45) is 11.8 Å². The number of benzene rings is 2. The van der Waals surface area contributed by atoms with E-state index in [9.17, 15) is 19.5 Å². The summed E-state index contributed by atoms with van der Waals surface area (Å²) in [6, 6.07) is 19.2. The van der Waals surface area contributed by atoms with Crippen LogP contribution < -0.4 is 10.3 Å². The number of nitrogens with zero attached hydrogens (tertiary/aromatic N) is 5. The fraction of sp³-hybridized carbons (Fsp3) is 0.394. The van der Waals surface area contributed by atoms with E-state index in [1.165, 1.54) is 0 Å². The van der Waals surface area contributed by atoms with Crippen LogP contribution in [-0.4, -0.2) is 73.8 Å². The van der Waals surface area contributed by atoms with Gasteiger partial charge in [0.2, 0.25) is 11.8 Å². The molecule has 4 heterocycles. The maximum absolute atomic E-state index is 13.8. The van der Waals surface area contributed by atoms with Crippen LogP contribution in [0.3, 0.4) is 0 Å². The van der Waals surface area contributed by atoms with Crippen molar-refractivity contribution in [2.45, 2.75) is 44.9 Å². The molecule has 2 unspecified atom stereocenters. The molecule has 43 heavy (non-hydrogen) atoms. The molecule has 6 rings (SSSR count). The number of likely N-dealkylation sites (tertiary alicyclic amines) is 2. The van der Waals surface area contributed by atoms with E-state index in [1.54, 1.807) is 40.8 Å². The highest BCUT2D eigenvalue weighted by Crippen LogP contribution is 2.36. The third-order valence-corrected chi connectivity index (χ3v) is 9.04. The van der Waals surface area contributed by atoms with Gasteiger partial charge < -0.3 is 24.2 Å². The van der Waals surface area contributed by atoms with Crippen molar-refractivity contribution in [1.82, 2.24) is 23.9 Å². The van der Waals surface area contributed by atoms with E-state index in [2.05, 4.69) is 4.98 Å². The molecule has 0 saturated carbocycles. The molecule has 2 fully saturated rings. The lowest BCUT2D eigenvalue weighted by Gasteiger charge is -2.43. The highest BCUT2D eigenvalue weighted by atomic mass is 16.5. The fourth-order valence-electron chi connectivity index (χ4n) is 6.63. The minimum Gasteiger partial charge on any atom is -0.497 e. The minimum atomic E-state index is -0.933. The minimum absolute atomic E-state index is 0.00731. The van der Waals surface area contributed by atoms with Crippen molar-refractivity contribution in [3.63, 3.8) is 0 Å². The summed E-state index contributed by atoms with van der Waals surface area (Å²) in [6.45, 7) is 3.41. The van der Waals surface area contributed by atoms with Crippen LogP contribution in [0.15, 0.2) is 78.0 Å². The van der Waals surface area contributed by atoms with Gasteiger partial charge in [-0.05, 0) is 61.1 Å². The number of aromatic nitrogens is 3. The average Bonchev–Trinajstić information content (AvgIpc) is 3.47. The van der Waals surface area contributed by atoms with Gasteiger partial charge in [0.15, 0.2) is 5.65 Å². The molecule has 2 aliphatic heterocycles. The summed E-state index contributed by atoms with van der Waals surface area (Å²) in [4.78, 5) is 47.4. The first kappa shape index (κ1) is 28.7. The van der Waals surface area contributed by atoms with Crippen LogP contribution >= 0.6 is 0 Å². The van der Waals surface area contributed by atoms with Crippen molar-refractivity contribution < 1.29 is 19.4 Å². The van der Waals surface area contributed by atoms with E-state index in [1.807, 2.05) is 65.4 Å². The Balaban J connectivity index is 1.14. The number of aliphatic hydroxyl groups is 1. The lowest BCUT2D eigenvalue weighted by atomic mass is 9.79. The number of ether oxygens (including phenoxy) is 1. The molecule has 2 aliphatic rings. The quantitative estimate of drug-likeness (QED) is 0.373. The fourth-order valence-corrected chi connectivity index (χ4v) is 6.63. The SMILES string of the molecule is COc1ccc(-n2ccc3c(=O)n(CC4CCN(C(=O)[C@@H]5CCN(C(C)=O)C[C@H]5c5ccccc5)C(O)C4)cnc32)cc1. The van der Waals surface area contributed by atoms with Crippen molar-refractivity contribution in [3.8, 4) is 11.4 Å². The Hall–Kier alpha value is -4.44. The highest BCUT2D eigenvalue weighted by molar-refractivity contribution is 5.81. The van der Waals surface area contributed by atoms with Crippen LogP contribution in [0.5, 0.6) is 5.75 Å². The molecule has 0 spiro atoms. The highest BCUT2D eigenvalue weighted by Gasteiger charge is 2.41. The zero-order valence-corrected chi connectivity index (χ0v) is 24.5. The monoisotopic (exact) mass is 583 g/mol. The number of carbonyl (C=O) groups is 2.